The smallest absolute Gasteiger partial charge is 0.0897 e. The normalized spacial score (nSPS) is 25.8. The Kier molecular flexibility index (Phi) is 5.26. The van der Waals surface area contributed by atoms with Crippen LogP contribution in [0.5, 0.6) is 0 Å². The van der Waals surface area contributed by atoms with Crippen molar-refractivity contribution in [3.63, 3.8) is 0 Å². The van der Waals surface area contributed by atoms with E-state index in [4.69, 9.17) is 4.74 Å². The van der Waals surface area contributed by atoms with Crippen LogP contribution in [0.2, 0.25) is 0 Å². The largest absolute Gasteiger partial charge is 0.389 e. The minimum Gasteiger partial charge on any atom is -0.389 e. The molecule has 17 heavy (non-hydrogen) atoms. The van der Waals surface area contributed by atoms with Gasteiger partial charge in [0.1, 0.15) is 0 Å². The highest BCUT2D eigenvalue weighted by molar-refractivity contribution is 4.80. The fourth-order valence-corrected chi connectivity index (χ4v) is 2.79. The van der Waals surface area contributed by atoms with E-state index in [-0.39, 0.29) is 6.10 Å². The van der Waals surface area contributed by atoms with E-state index >= 15 is 0 Å². The average Bonchev–Trinajstić information content (AvgIpc) is 2.73. The summed E-state index contributed by atoms with van der Waals surface area (Å²) in [5.41, 5.74) is 0. The Balaban J connectivity index is 1.52. The lowest BCUT2D eigenvalue weighted by atomic mass is 9.80. The lowest BCUT2D eigenvalue weighted by Gasteiger charge is -2.32. The summed E-state index contributed by atoms with van der Waals surface area (Å²) >= 11 is 0. The zero-order valence-electron chi connectivity index (χ0n) is 11.0. The Morgan fingerprint density at radius 1 is 1.18 bits per heavy atom. The first-order chi connectivity index (χ1) is 8.25. The Morgan fingerprint density at radius 2 is 1.88 bits per heavy atom. The summed E-state index contributed by atoms with van der Waals surface area (Å²) in [5, 5.41) is 13.3. The predicted octanol–water partition coefficient (Wildman–Crippen LogP) is 2.08. The molecule has 0 amide bonds. The molecule has 2 atom stereocenters. The minimum atomic E-state index is -0.349. The van der Waals surface area contributed by atoms with Gasteiger partial charge in [-0.1, -0.05) is 19.3 Å². The molecule has 0 aromatic rings. The van der Waals surface area contributed by atoms with Gasteiger partial charge in [-0.25, -0.2) is 0 Å². The van der Waals surface area contributed by atoms with Crippen molar-refractivity contribution in [2.75, 3.05) is 13.2 Å². The molecular weight excluding hydrogens is 214 g/mol. The van der Waals surface area contributed by atoms with Crippen LogP contribution in [0, 0.1) is 5.92 Å². The monoisotopic (exact) mass is 241 g/mol. The van der Waals surface area contributed by atoms with Gasteiger partial charge < -0.3 is 15.2 Å². The molecule has 0 aromatic carbocycles. The molecule has 0 aromatic heterocycles. The van der Waals surface area contributed by atoms with Crippen molar-refractivity contribution in [2.24, 2.45) is 5.92 Å². The Morgan fingerprint density at radius 3 is 2.47 bits per heavy atom. The van der Waals surface area contributed by atoms with Crippen LogP contribution in [-0.2, 0) is 4.74 Å². The summed E-state index contributed by atoms with van der Waals surface area (Å²) in [6.07, 6.45) is 9.08. The number of hydrogen-bond donors (Lipinski definition) is 2. The quantitative estimate of drug-likeness (QED) is 0.717. The van der Waals surface area contributed by atoms with Crippen molar-refractivity contribution in [2.45, 2.75) is 70.1 Å². The van der Waals surface area contributed by atoms with Crippen LogP contribution in [0.4, 0.5) is 0 Å². The van der Waals surface area contributed by atoms with E-state index < -0.39 is 0 Å². The fourth-order valence-electron chi connectivity index (χ4n) is 2.79. The first kappa shape index (κ1) is 13.3. The highest BCUT2D eigenvalue weighted by Crippen LogP contribution is 2.29. The summed E-state index contributed by atoms with van der Waals surface area (Å²) in [6, 6.07) is 0.546. The zero-order valence-corrected chi connectivity index (χ0v) is 11.0. The van der Waals surface area contributed by atoms with Gasteiger partial charge in [-0.15, -0.1) is 0 Å². The van der Waals surface area contributed by atoms with E-state index in [1.165, 1.54) is 44.9 Å². The van der Waals surface area contributed by atoms with Crippen LogP contribution < -0.4 is 5.32 Å². The van der Waals surface area contributed by atoms with E-state index in [1.807, 2.05) is 0 Å². The minimum absolute atomic E-state index is 0.349. The maximum Gasteiger partial charge on any atom is 0.0897 e. The van der Waals surface area contributed by atoms with Crippen molar-refractivity contribution >= 4 is 0 Å². The highest BCUT2D eigenvalue weighted by Gasteiger charge is 2.24. The fraction of sp³-hybridized carbons (Fsp3) is 1.00. The highest BCUT2D eigenvalue weighted by atomic mass is 16.5. The van der Waals surface area contributed by atoms with Gasteiger partial charge in [0.25, 0.3) is 0 Å². The predicted molar refractivity (Wildman–Crippen MR) is 69.0 cm³/mol. The van der Waals surface area contributed by atoms with Gasteiger partial charge in [-0.2, -0.15) is 0 Å². The van der Waals surface area contributed by atoms with Gasteiger partial charge in [0.15, 0.2) is 0 Å². The average molecular weight is 241 g/mol. The third kappa shape index (κ3) is 4.23. The SMILES string of the molecule is CC(NCC(O)COC1CCCC1)C1CCC1. The Labute approximate surface area is 105 Å². The summed E-state index contributed by atoms with van der Waals surface area (Å²) < 4.78 is 5.71. The molecule has 0 radical (unpaired) electrons. The van der Waals surface area contributed by atoms with Crippen LogP contribution in [-0.4, -0.2) is 36.5 Å². The first-order valence-electron chi connectivity index (χ1n) is 7.28. The molecule has 3 nitrogen and oxygen atoms in total. The molecule has 100 valence electrons. The van der Waals surface area contributed by atoms with Crippen LogP contribution in [0.1, 0.15) is 51.9 Å². The molecule has 2 N–H and O–H groups in total. The van der Waals surface area contributed by atoms with Crippen LogP contribution >= 0.6 is 0 Å². The van der Waals surface area contributed by atoms with Gasteiger partial charge in [-0.3, -0.25) is 0 Å². The second-order valence-corrected chi connectivity index (χ2v) is 5.78. The van der Waals surface area contributed by atoms with Gasteiger partial charge in [0.2, 0.25) is 0 Å². The van der Waals surface area contributed by atoms with Crippen molar-refractivity contribution in [1.82, 2.24) is 5.32 Å². The number of aliphatic hydroxyl groups excluding tert-OH is 1. The summed E-state index contributed by atoms with van der Waals surface area (Å²) in [7, 11) is 0. The van der Waals surface area contributed by atoms with E-state index in [1.54, 1.807) is 0 Å². The van der Waals surface area contributed by atoms with Gasteiger partial charge >= 0.3 is 0 Å². The molecule has 0 heterocycles. The molecule has 2 aliphatic carbocycles. The number of aliphatic hydroxyl groups is 1. The van der Waals surface area contributed by atoms with Crippen molar-refractivity contribution in [1.29, 1.82) is 0 Å². The molecule has 0 aliphatic heterocycles. The Hall–Kier alpha value is -0.120. The van der Waals surface area contributed by atoms with E-state index in [2.05, 4.69) is 12.2 Å². The third-order valence-corrected chi connectivity index (χ3v) is 4.36. The van der Waals surface area contributed by atoms with E-state index in [0.29, 0.717) is 25.3 Å². The number of nitrogens with one attached hydrogen (secondary N) is 1. The molecule has 2 fully saturated rings. The van der Waals surface area contributed by atoms with Crippen molar-refractivity contribution in [3.8, 4) is 0 Å². The Bertz CT molecular complexity index is 212. The molecule has 2 rings (SSSR count). The third-order valence-electron chi connectivity index (χ3n) is 4.36. The summed E-state index contributed by atoms with van der Waals surface area (Å²) in [5.74, 6) is 0.831. The van der Waals surface area contributed by atoms with Gasteiger partial charge in [-0.05, 0) is 38.5 Å². The molecule has 2 saturated carbocycles. The van der Waals surface area contributed by atoms with E-state index in [9.17, 15) is 5.11 Å². The lowest BCUT2D eigenvalue weighted by Crippen LogP contribution is -2.42. The topological polar surface area (TPSA) is 41.5 Å². The maximum absolute atomic E-state index is 9.84. The first-order valence-corrected chi connectivity index (χ1v) is 7.28. The molecule has 2 unspecified atom stereocenters. The van der Waals surface area contributed by atoms with Crippen molar-refractivity contribution in [3.05, 3.63) is 0 Å². The molecule has 0 spiro atoms. The van der Waals surface area contributed by atoms with Crippen LogP contribution in [0.25, 0.3) is 0 Å². The van der Waals surface area contributed by atoms with Crippen LogP contribution in [0.3, 0.4) is 0 Å². The van der Waals surface area contributed by atoms with Gasteiger partial charge in [0.05, 0.1) is 18.8 Å². The number of rotatable bonds is 7. The number of hydrogen-bond acceptors (Lipinski definition) is 3. The summed E-state index contributed by atoms with van der Waals surface area (Å²) in [6.45, 7) is 3.40. The molecule has 3 heteroatoms. The molecule has 0 bridgehead atoms. The molecule has 2 aliphatic rings. The van der Waals surface area contributed by atoms with Crippen molar-refractivity contribution < 1.29 is 9.84 Å². The second kappa shape index (κ2) is 6.72. The number of ether oxygens (including phenoxy) is 1. The molecule has 0 saturated heterocycles. The van der Waals surface area contributed by atoms with E-state index in [0.717, 1.165) is 5.92 Å². The lowest BCUT2D eigenvalue weighted by molar-refractivity contribution is -0.00709. The summed E-state index contributed by atoms with van der Waals surface area (Å²) in [4.78, 5) is 0. The molecular formula is C14H27NO2. The standard InChI is InChI=1S/C14H27NO2/c1-11(12-5-4-6-12)15-9-13(16)10-17-14-7-2-3-8-14/h11-16H,2-10H2,1H3. The van der Waals surface area contributed by atoms with Crippen LogP contribution in [0.15, 0.2) is 0 Å². The zero-order chi connectivity index (χ0) is 12.1. The maximum atomic E-state index is 9.84. The van der Waals surface area contributed by atoms with Gasteiger partial charge in [0, 0.05) is 12.6 Å². The second-order valence-electron chi connectivity index (χ2n) is 5.78.